The summed E-state index contributed by atoms with van der Waals surface area (Å²) in [7, 11) is 0. The first-order chi connectivity index (χ1) is 10.3. The van der Waals surface area contributed by atoms with Gasteiger partial charge in [0.25, 0.3) is 0 Å². The number of ether oxygens (including phenoxy) is 4. The van der Waals surface area contributed by atoms with Crippen molar-refractivity contribution in [3.05, 3.63) is 0 Å². The van der Waals surface area contributed by atoms with E-state index < -0.39 is 0 Å². The SMILES string of the molecule is N=[N+]=NCCOCCOCCOCCOCCC(=O)NN. The second-order valence-electron chi connectivity index (χ2n) is 3.73. The first-order valence-corrected chi connectivity index (χ1v) is 6.65. The molecule has 4 N–H and O–H groups in total. The zero-order chi connectivity index (χ0) is 15.6. The molecule has 0 unspecified atom stereocenters. The number of nitrogens with one attached hydrogen (secondary N) is 2. The Balaban J connectivity index is 3.02. The predicted molar refractivity (Wildman–Crippen MR) is 72.4 cm³/mol. The minimum atomic E-state index is -0.255. The lowest BCUT2D eigenvalue weighted by molar-refractivity contribution is -0.122. The second-order valence-corrected chi connectivity index (χ2v) is 3.73. The van der Waals surface area contributed by atoms with Gasteiger partial charge in [-0.3, -0.25) is 10.2 Å². The molecule has 0 aromatic heterocycles. The van der Waals surface area contributed by atoms with Crippen LogP contribution in [0.2, 0.25) is 0 Å². The molecule has 0 aliphatic heterocycles. The molecule has 1 amide bonds. The van der Waals surface area contributed by atoms with Gasteiger partial charge in [0.05, 0.1) is 59.3 Å². The number of nitrogens with zero attached hydrogens (tertiary/aromatic N) is 2. The first kappa shape index (κ1) is 19.6. The van der Waals surface area contributed by atoms with Gasteiger partial charge in [-0.25, -0.2) is 5.84 Å². The highest BCUT2D eigenvalue weighted by Gasteiger charge is 1.97. The minimum absolute atomic E-state index is 0.239. The van der Waals surface area contributed by atoms with E-state index in [9.17, 15) is 4.79 Å². The Morgan fingerprint density at radius 3 is 1.90 bits per heavy atom. The van der Waals surface area contributed by atoms with E-state index in [4.69, 9.17) is 30.3 Å². The lowest BCUT2D eigenvalue weighted by Gasteiger charge is -2.06. The molecule has 0 aromatic rings. The summed E-state index contributed by atoms with van der Waals surface area (Å²) in [5.41, 5.74) is 8.45. The van der Waals surface area contributed by atoms with Gasteiger partial charge in [-0.2, -0.15) is 0 Å². The Labute approximate surface area is 123 Å². The standard InChI is InChI=1S/C11H23N5O5/c12-15-11(17)1-3-18-5-7-20-9-10-21-8-6-19-4-2-14-16-13/h12H,1-10H2,(H2,13,14)/p+1. The zero-order valence-electron chi connectivity index (χ0n) is 12.1. The average Bonchev–Trinajstić information content (AvgIpc) is 2.50. The molecule has 0 aliphatic carbocycles. The maximum absolute atomic E-state index is 10.8. The molecule has 0 fully saturated rings. The van der Waals surface area contributed by atoms with Gasteiger partial charge in [0.15, 0.2) is 0 Å². The van der Waals surface area contributed by atoms with Crippen LogP contribution in [0.15, 0.2) is 5.11 Å². The van der Waals surface area contributed by atoms with Gasteiger partial charge < -0.3 is 18.9 Å². The molecule has 0 spiro atoms. The third kappa shape index (κ3) is 16.5. The van der Waals surface area contributed by atoms with Crippen LogP contribution in [0.25, 0.3) is 0 Å². The summed E-state index contributed by atoms with van der Waals surface area (Å²) >= 11 is 0. The smallest absolute Gasteiger partial charge is 0.236 e. The highest BCUT2D eigenvalue weighted by Crippen LogP contribution is 1.85. The Morgan fingerprint density at radius 1 is 0.952 bits per heavy atom. The fourth-order valence-electron chi connectivity index (χ4n) is 1.15. The molecule has 10 heteroatoms. The van der Waals surface area contributed by atoms with Gasteiger partial charge in [0, 0.05) is 0 Å². The summed E-state index contributed by atoms with van der Waals surface area (Å²) in [6.07, 6.45) is 0.239. The Bertz CT molecular complexity index is 299. The fourth-order valence-corrected chi connectivity index (χ4v) is 1.15. The predicted octanol–water partition coefficient (Wildman–Crippen LogP) is -1.02. The Hall–Kier alpha value is -1.42. The van der Waals surface area contributed by atoms with Crippen LogP contribution >= 0.6 is 0 Å². The monoisotopic (exact) mass is 306 g/mol. The van der Waals surface area contributed by atoms with Crippen LogP contribution in [0, 0.1) is 5.53 Å². The molecule has 122 valence electrons. The summed E-state index contributed by atoms with van der Waals surface area (Å²) in [4.78, 5) is 13.6. The van der Waals surface area contributed by atoms with Crippen molar-refractivity contribution < 1.29 is 23.7 Å². The van der Waals surface area contributed by atoms with E-state index in [0.717, 1.165) is 0 Å². The highest BCUT2D eigenvalue weighted by atomic mass is 16.6. The number of carbonyl (C=O) groups excluding carboxylic acids is 1. The van der Waals surface area contributed by atoms with E-state index in [2.05, 4.69) is 10.0 Å². The van der Waals surface area contributed by atoms with Crippen molar-refractivity contribution in [2.75, 3.05) is 59.4 Å². The molecule has 0 aromatic carbocycles. The molecular formula is C11H24N5O5+. The quantitative estimate of drug-likeness (QED) is 0.0882. The lowest BCUT2D eigenvalue weighted by atomic mass is 10.4. The van der Waals surface area contributed by atoms with Crippen molar-refractivity contribution in [1.29, 1.82) is 5.53 Å². The van der Waals surface area contributed by atoms with Gasteiger partial charge in [0.2, 0.25) is 10.8 Å². The van der Waals surface area contributed by atoms with Gasteiger partial charge >= 0.3 is 0 Å². The van der Waals surface area contributed by atoms with Gasteiger partial charge in [0.1, 0.15) is 17.2 Å². The molecule has 0 rings (SSSR count). The molecule has 0 saturated carbocycles. The van der Waals surface area contributed by atoms with Crippen molar-refractivity contribution in [1.82, 2.24) is 10.3 Å². The lowest BCUT2D eigenvalue weighted by Crippen LogP contribution is -2.30. The summed E-state index contributed by atoms with van der Waals surface area (Å²) in [6.45, 7) is 3.91. The first-order valence-electron chi connectivity index (χ1n) is 6.65. The summed E-state index contributed by atoms with van der Waals surface area (Å²) in [6, 6.07) is 0. The fraction of sp³-hybridized carbons (Fsp3) is 0.909. The van der Waals surface area contributed by atoms with Crippen molar-refractivity contribution in [2.24, 2.45) is 11.0 Å². The second kappa shape index (κ2) is 16.6. The van der Waals surface area contributed by atoms with E-state index in [-0.39, 0.29) is 12.3 Å². The summed E-state index contributed by atoms with van der Waals surface area (Å²) in [5.74, 6) is 4.66. The van der Waals surface area contributed by atoms with E-state index in [1.54, 1.807) is 0 Å². The molecule has 0 bridgehead atoms. The Morgan fingerprint density at radius 2 is 1.43 bits per heavy atom. The van der Waals surface area contributed by atoms with E-state index in [1.807, 2.05) is 5.43 Å². The summed E-state index contributed by atoms with van der Waals surface area (Å²) < 4.78 is 20.9. The van der Waals surface area contributed by atoms with Crippen molar-refractivity contribution in [3.8, 4) is 0 Å². The molecular weight excluding hydrogens is 282 g/mol. The average molecular weight is 306 g/mol. The van der Waals surface area contributed by atoms with Gasteiger partial charge in [-0.15, -0.1) is 0 Å². The normalized spacial score (nSPS) is 10.1. The highest BCUT2D eigenvalue weighted by molar-refractivity contribution is 5.75. The molecule has 10 nitrogen and oxygen atoms in total. The zero-order valence-corrected chi connectivity index (χ0v) is 12.1. The van der Waals surface area contributed by atoms with Crippen LogP contribution in [0.5, 0.6) is 0 Å². The van der Waals surface area contributed by atoms with Crippen LogP contribution in [-0.2, 0) is 23.7 Å². The number of nitrogens with two attached hydrogens (primary N) is 1. The number of hydrazine groups is 1. The summed E-state index contributed by atoms with van der Waals surface area (Å²) in [5, 5.41) is 3.44. The van der Waals surface area contributed by atoms with Crippen LogP contribution < -0.4 is 16.2 Å². The maximum Gasteiger partial charge on any atom is 0.236 e. The van der Waals surface area contributed by atoms with Crippen LogP contribution in [0.1, 0.15) is 6.42 Å². The van der Waals surface area contributed by atoms with Crippen molar-refractivity contribution in [3.63, 3.8) is 0 Å². The van der Waals surface area contributed by atoms with Crippen LogP contribution in [0.3, 0.4) is 0 Å². The van der Waals surface area contributed by atoms with Crippen LogP contribution in [0.4, 0.5) is 0 Å². The molecule has 0 atom stereocenters. The third-order valence-corrected chi connectivity index (χ3v) is 2.16. The van der Waals surface area contributed by atoms with Crippen LogP contribution in [-0.4, -0.2) is 65.3 Å². The number of rotatable bonds is 15. The number of amides is 1. The number of hydrogen-bond acceptors (Lipinski definition) is 8. The number of hydrogen-bond donors (Lipinski definition) is 3. The largest absolute Gasteiger partial charge is 0.379 e. The molecule has 0 radical (unpaired) electrons. The van der Waals surface area contributed by atoms with Crippen molar-refractivity contribution in [2.45, 2.75) is 6.42 Å². The molecule has 21 heavy (non-hydrogen) atoms. The molecule has 0 aliphatic rings. The Kier molecular flexibility index (Phi) is 15.5. The third-order valence-electron chi connectivity index (χ3n) is 2.16. The minimum Gasteiger partial charge on any atom is -0.379 e. The maximum atomic E-state index is 10.8. The van der Waals surface area contributed by atoms with Gasteiger partial charge in [-0.1, -0.05) is 0 Å². The number of carbonyl (C=O) groups is 1. The van der Waals surface area contributed by atoms with E-state index in [1.165, 1.54) is 0 Å². The van der Waals surface area contributed by atoms with Gasteiger partial charge in [-0.05, 0) is 0 Å². The molecule has 0 heterocycles. The van der Waals surface area contributed by atoms with E-state index >= 15 is 0 Å². The molecule has 0 saturated heterocycles. The van der Waals surface area contributed by atoms with Crippen molar-refractivity contribution >= 4 is 5.91 Å². The van der Waals surface area contributed by atoms with E-state index in [0.29, 0.717) is 59.4 Å². The topological polar surface area (TPSA) is 142 Å².